The van der Waals surface area contributed by atoms with Crippen molar-refractivity contribution in [3.8, 4) is 0 Å². The van der Waals surface area contributed by atoms with E-state index in [2.05, 4.69) is 6.92 Å². The molecule has 0 aromatic carbocycles. The fourth-order valence-corrected chi connectivity index (χ4v) is 0.327. The van der Waals surface area contributed by atoms with Gasteiger partial charge < -0.3 is 0 Å². The lowest BCUT2D eigenvalue weighted by molar-refractivity contribution is 1.01. The normalized spacial score (nSPS) is 15.0. The van der Waals surface area contributed by atoms with Crippen molar-refractivity contribution in [1.29, 1.82) is 0 Å². The van der Waals surface area contributed by atoms with Crippen molar-refractivity contribution in [2.24, 2.45) is 0 Å². The standard InChI is InChI=1S/C4H5Cl3/c1-2-3(5)4(6)7/h3H,1-2H2. The number of halogens is 3. The smallest absolute Gasteiger partial charge is 0.120 e. The lowest BCUT2D eigenvalue weighted by Gasteiger charge is -2.01. The molecule has 1 atom stereocenters. The van der Waals surface area contributed by atoms with Crippen molar-refractivity contribution < 1.29 is 0 Å². The van der Waals surface area contributed by atoms with Gasteiger partial charge in [0.05, 0.1) is 5.38 Å². The molecule has 0 aromatic heterocycles. The van der Waals surface area contributed by atoms with Crippen molar-refractivity contribution in [2.45, 2.75) is 11.8 Å². The Labute approximate surface area is 58.7 Å². The number of hydrogen-bond donors (Lipinski definition) is 0. The van der Waals surface area contributed by atoms with E-state index in [-0.39, 0.29) is 10.2 Å². The largest absolute Gasteiger partial charge is 0.168 e. The Morgan fingerprint density at radius 3 is 2.00 bits per heavy atom. The summed E-state index contributed by atoms with van der Waals surface area (Å²) in [5.74, 6) is 0. The summed E-state index contributed by atoms with van der Waals surface area (Å²) in [7, 11) is 0. The van der Waals surface area contributed by atoms with Gasteiger partial charge >= 0.3 is 0 Å². The number of alkyl halides is 1. The molecule has 1 unspecified atom stereocenters. The maximum absolute atomic E-state index is 5.44. The van der Waals surface area contributed by atoms with Gasteiger partial charge in [0.25, 0.3) is 0 Å². The fraction of sp³-hybridized carbons (Fsp3) is 0.500. The van der Waals surface area contributed by atoms with Gasteiger partial charge in [0.15, 0.2) is 4.84 Å². The minimum Gasteiger partial charge on any atom is -0.120 e. The molecule has 0 amide bonds. The minimum absolute atomic E-state index is 0.191. The molecule has 0 N–H and O–H groups in total. The first-order valence-electron chi connectivity index (χ1n) is 1.79. The highest BCUT2D eigenvalue weighted by atomic mass is 35.5. The molecule has 0 rings (SSSR count). The zero-order valence-corrected chi connectivity index (χ0v) is 5.89. The lowest BCUT2D eigenvalue weighted by Crippen LogP contribution is -1.97. The number of hydrogen-bond acceptors (Lipinski definition) is 0. The molecule has 0 aliphatic carbocycles. The average Bonchev–Trinajstić information content (AvgIpc) is 1.65. The van der Waals surface area contributed by atoms with Crippen LogP contribution in [0.3, 0.4) is 0 Å². The van der Waals surface area contributed by atoms with E-state index < -0.39 is 0 Å². The van der Waals surface area contributed by atoms with Gasteiger partial charge in [0.2, 0.25) is 0 Å². The van der Waals surface area contributed by atoms with Gasteiger partial charge in [-0.25, -0.2) is 0 Å². The Bertz CT molecular complexity index is 44.2. The van der Waals surface area contributed by atoms with Crippen LogP contribution < -0.4 is 0 Å². The van der Waals surface area contributed by atoms with Crippen LogP contribution in [0.5, 0.6) is 0 Å². The van der Waals surface area contributed by atoms with Crippen molar-refractivity contribution in [3.05, 3.63) is 11.8 Å². The molecule has 42 valence electrons. The molecule has 0 aliphatic heterocycles. The third-order valence-electron chi connectivity index (χ3n) is 0.490. The third kappa shape index (κ3) is 3.45. The highest BCUT2D eigenvalue weighted by molar-refractivity contribution is 6.56. The van der Waals surface area contributed by atoms with Gasteiger partial charge in [-0.1, -0.05) is 30.1 Å². The second-order valence-corrected chi connectivity index (χ2v) is 2.58. The Kier molecular flexibility index (Phi) is 4.30. The zero-order valence-electron chi connectivity index (χ0n) is 3.63. The van der Waals surface area contributed by atoms with Crippen LogP contribution in [-0.2, 0) is 0 Å². The van der Waals surface area contributed by atoms with Crippen molar-refractivity contribution in [2.75, 3.05) is 0 Å². The van der Waals surface area contributed by atoms with Crippen LogP contribution in [0, 0.1) is 11.8 Å². The fourth-order valence-electron chi connectivity index (χ4n) is 0.109. The Balaban J connectivity index is 3.14. The molecule has 0 fully saturated rings. The Hall–Kier alpha value is 0.870. The van der Waals surface area contributed by atoms with Crippen LogP contribution in [0.15, 0.2) is 0 Å². The van der Waals surface area contributed by atoms with Crippen LogP contribution in [0.25, 0.3) is 0 Å². The summed E-state index contributed by atoms with van der Waals surface area (Å²) in [5.41, 5.74) is 0. The second-order valence-electron chi connectivity index (χ2n) is 1.05. The summed E-state index contributed by atoms with van der Waals surface area (Å²) in [6.45, 7) is 3.49. The molecule has 0 spiro atoms. The quantitative estimate of drug-likeness (QED) is 0.544. The Morgan fingerprint density at radius 2 is 2.00 bits per heavy atom. The van der Waals surface area contributed by atoms with E-state index in [0.717, 1.165) is 0 Å². The maximum atomic E-state index is 5.44. The summed E-state index contributed by atoms with van der Waals surface area (Å²) in [5, 5.41) is -0.289. The van der Waals surface area contributed by atoms with Crippen molar-refractivity contribution >= 4 is 34.8 Å². The molecular weight excluding hydrogens is 154 g/mol. The highest BCUT2D eigenvalue weighted by Gasteiger charge is 2.10. The van der Waals surface area contributed by atoms with Gasteiger partial charge in [0, 0.05) is 0 Å². The van der Waals surface area contributed by atoms with Crippen molar-refractivity contribution in [3.63, 3.8) is 0 Å². The molecular formula is C4H5Cl3. The molecule has 0 saturated carbocycles. The van der Waals surface area contributed by atoms with Crippen LogP contribution in [0.2, 0.25) is 0 Å². The van der Waals surface area contributed by atoms with E-state index in [4.69, 9.17) is 34.8 Å². The molecule has 0 saturated heterocycles. The lowest BCUT2D eigenvalue weighted by atomic mass is 10.4. The molecule has 0 aliphatic rings. The van der Waals surface area contributed by atoms with Crippen LogP contribution in [0.1, 0.15) is 6.42 Å². The number of rotatable bonds is 2. The Morgan fingerprint density at radius 1 is 1.57 bits per heavy atom. The van der Waals surface area contributed by atoms with Gasteiger partial charge in [-0.15, -0.1) is 11.6 Å². The van der Waals surface area contributed by atoms with Gasteiger partial charge in [-0.2, -0.15) is 0 Å². The summed E-state index contributed by atoms with van der Waals surface area (Å²) >= 11 is 15.9. The van der Waals surface area contributed by atoms with E-state index in [1.54, 1.807) is 0 Å². The molecule has 7 heavy (non-hydrogen) atoms. The second kappa shape index (κ2) is 3.82. The highest BCUT2D eigenvalue weighted by Crippen LogP contribution is 2.23. The molecule has 2 radical (unpaired) electrons. The van der Waals surface area contributed by atoms with E-state index >= 15 is 0 Å². The van der Waals surface area contributed by atoms with Crippen molar-refractivity contribution in [1.82, 2.24) is 0 Å². The summed E-state index contributed by atoms with van der Waals surface area (Å²) < 4.78 is 0. The van der Waals surface area contributed by atoms with E-state index in [9.17, 15) is 0 Å². The third-order valence-corrected chi connectivity index (χ3v) is 1.68. The monoisotopic (exact) mass is 158 g/mol. The summed E-state index contributed by atoms with van der Waals surface area (Å²) in [6.07, 6.45) is 0.532. The van der Waals surface area contributed by atoms with Gasteiger partial charge in [-0.3, -0.25) is 0 Å². The molecule has 0 heterocycles. The SMILES string of the molecule is [CH2]CC(Cl)[C](Cl)Cl. The summed E-state index contributed by atoms with van der Waals surface area (Å²) in [4.78, 5) is 0.191. The predicted molar refractivity (Wildman–Crippen MR) is 34.6 cm³/mol. The topological polar surface area (TPSA) is 0 Å². The molecule has 3 heteroatoms. The molecule has 0 aromatic rings. The molecule has 0 nitrogen and oxygen atoms in total. The van der Waals surface area contributed by atoms with E-state index in [1.165, 1.54) is 0 Å². The summed E-state index contributed by atoms with van der Waals surface area (Å²) in [6, 6.07) is 0. The van der Waals surface area contributed by atoms with E-state index in [0.29, 0.717) is 6.42 Å². The minimum atomic E-state index is -0.289. The first kappa shape index (κ1) is 7.87. The van der Waals surface area contributed by atoms with E-state index in [1.807, 2.05) is 0 Å². The predicted octanol–water partition coefficient (Wildman–Crippen LogP) is 2.79. The maximum Gasteiger partial charge on any atom is 0.168 e. The molecule has 0 bridgehead atoms. The first-order chi connectivity index (χ1) is 3.18. The zero-order chi connectivity index (χ0) is 5.86. The first-order valence-corrected chi connectivity index (χ1v) is 2.99. The van der Waals surface area contributed by atoms with Crippen LogP contribution >= 0.6 is 34.8 Å². The van der Waals surface area contributed by atoms with Crippen LogP contribution in [-0.4, -0.2) is 5.38 Å². The van der Waals surface area contributed by atoms with Gasteiger partial charge in [0.1, 0.15) is 0 Å². The van der Waals surface area contributed by atoms with Crippen LogP contribution in [0.4, 0.5) is 0 Å². The van der Waals surface area contributed by atoms with Gasteiger partial charge in [-0.05, 0) is 6.42 Å². The average molecular weight is 159 g/mol.